The molecule has 1 saturated heterocycles. The number of halogens is 1. The Kier molecular flexibility index (Phi) is 5.70. The van der Waals surface area contributed by atoms with Crippen LogP contribution in [0.1, 0.15) is 31.4 Å². The molecular weight excluding hydrogens is 336 g/mol. The summed E-state index contributed by atoms with van der Waals surface area (Å²) in [5, 5.41) is 1.21. The highest BCUT2D eigenvalue weighted by atomic mass is 35.5. The Balaban J connectivity index is 0.00000182. The number of pyridine rings is 1. The van der Waals surface area contributed by atoms with Crippen LogP contribution < -0.4 is 9.64 Å². The van der Waals surface area contributed by atoms with E-state index >= 15 is 0 Å². The molecule has 0 unspecified atom stereocenters. The lowest BCUT2D eigenvalue weighted by atomic mass is 10.1. The predicted octanol–water partition coefficient (Wildman–Crippen LogP) is 4.37. The van der Waals surface area contributed by atoms with Gasteiger partial charge in [-0.25, -0.2) is 0 Å². The molecule has 1 saturated carbocycles. The van der Waals surface area contributed by atoms with Gasteiger partial charge in [0.25, 0.3) is 0 Å². The first-order valence-corrected chi connectivity index (χ1v) is 9.04. The number of benzene rings is 1. The van der Waals surface area contributed by atoms with Gasteiger partial charge in [-0.3, -0.25) is 4.98 Å². The summed E-state index contributed by atoms with van der Waals surface area (Å²) in [6, 6.07) is 9.02. The van der Waals surface area contributed by atoms with Crippen molar-refractivity contribution in [1.29, 1.82) is 0 Å². The fourth-order valence-corrected chi connectivity index (χ4v) is 3.66. The van der Waals surface area contributed by atoms with Gasteiger partial charge in [-0.15, -0.1) is 12.4 Å². The second kappa shape index (κ2) is 7.79. The van der Waals surface area contributed by atoms with Gasteiger partial charge in [0.2, 0.25) is 0 Å². The van der Waals surface area contributed by atoms with Crippen LogP contribution in [-0.4, -0.2) is 37.9 Å². The number of ether oxygens (including phenoxy) is 2. The third-order valence-electron chi connectivity index (χ3n) is 5.12. The van der Waals surface area contributed by atoms with Crippen LogP contribution in [0.2, 0.25) is 0 Å². The molecule has 5 heteroatoms. The Hall–Kier alpha value is -1.52. The molecule has 25 heavy (non-hydrogen) atoms. The van der Waals surface area contributed by atoms with Crippen LogP contribution in [0.4, 0.5) is 5.69 Å². The summed E-state index contributed by atoms with van der Waals surface area (Å²) in [6.45, 7) is 4.78. The van der Waals surface area contributed by atoms with Crippen LogP contribution in [0.15, 0.2) is 24.3 Å². The molecular formula is C20H27ClN2O2. The van der Waals surface area contributed by atoms with E-state index in [1.807, 2.05) is 0 Å². The highest BCUT2D eigenvalue weighted by Crippen LogP contribution is 2.35. The molecule has 4 nitrogen and oxygen atoms in total. The minimum Gasteiger partial charge on any atom is -0.493 e. The van der Waals surface area contributed by atoms with Crippen LogP contribution in [0, 0.1) is 12.8 Å². The van der Waals surface area contributed by atoms with Crippen molar-refractivity contribution in [2.45, 2.75) is 38.6 Å². The van der Waals surface area contributed by atoms with Gasteiger partial charge in [0.15, 0.2) is 0 Å². The van der Waals surface area contributed by atoms with E-state index in [9.17, 15) is 0 Å². The fourth-order valence-electron chi connectivity index (χ4n) is 3.66. The monoisotopic (exact) mass is 362 g/mol. The van der Waals surface area contributed by atoms with Gasteiger partial charge >= 0.3 is 0 Å². The molecule has 0 bridgehead atoms. The minimum atomic E-state index is 0. The molecule has 0 amide bonds. The number of rotatable bonds is 6. The fraction of sp³-hybridized carbons (Fsp3) is 0.550. The Labute approximate surface area is 155 Å². The van der Waals surface area contributed by atoms with Gasteiger partial charge in [0.1, 0.15) is 5.75 Å². The molecule has 1 atom stereocenters. The SMILES string of the molecule is COC[C@@H]1CCCN1c1cc(C)nc2cc(OCC3CC3)ccc12.Cl. The number of methoxy groups -OCH3 is 1. The summed E-state index contributed by atoms with van der Waals surface area (Å²) in [5.74, 6) is 1.70. The van der Waals surface area contributed by atoms with Crippen molar-refractivity contribution in [3.63, 3.8) is 0 Å². The number of fused-ring (bicyclic) bond motifs is 1. The molecule has 1 aromatic carbocycles. The molecule has 0 radical (unpaired) electrons. The summed E-state index contributed by atoms with van der Waals surface area (Å²) < 4.78 is 11.4. The zero-order chi connectivity index (χ0) is 16.5. The van der Waals surface area contributed by atoms with Gasteiger partial charge < -0.3 is 14.4 Å². The molecule has 1 aromatic heterocycles. The number of anilines is 1. The number of hydrogen-bond donors (Lipinski definition) is 0. The maximum atomic E-state index is 5.93. The lowest BCUT2D eigenvalue weighted by Gasteiger charge is -2.28. The predicted molar refractivity (Wildman–Crippen MR) is 104 cm³/mol. The Morgan fingerprint density at radius 3 is 2.76 bits per heavy atom. The number of aromatic nitrogens is 1. The molecule has 2 fully saturated rings. The van der Waals surface area contributed by atoms with E-state index < -0.39 is 0 Å². The zero-order valence-electron chi connectivity index (χ0n) is 15.0. The van der Waals surface area contributed by atoms with Crippen LogP contribution in [0.3, 0.4) is 0 Å². The van der Waals surface area contributed by atoms with E-state index in [2.05, 4.69) is 36.1 Å². The average Bonchev–Trinajstić information content (AvgIpc) is 3.30. The maximum Gasteiger partial charge on any atom is 0.121 e. The first-order chi connectivity index (χ1) is 11.7. The summed E-state index contributed by atoms with van der Waals surface area (Å²) in [6.07, 6.45) is 5.04. The molecule has 2 heterocycles. The number of aryl methyl sites for hydroxylation is 1. The molecule has 4 rings (SSSR count). The lowest BCUT2D eigenvalue weighted by Crippen LogP contribution is -2.33. The molecule has 1 aliphatic carbocycles. The van der Waals surface area contributed by atoms with E-state index in [0.29, 0.717) is 6.04 Å². The number of nitrogens with zero attached hydrogens (tertiary/aromatic N) is 2. The second-order valence-electron chi connectivity index (χ2n) is 7.16. The summed E-state index contributed by atoms with van der Waals surface area (Å²) >= 11 is 0. The van der Waals surface area contributed by atoms with Crippen molar-refractivity contribution in [2.24, 2.45) is 5.92 Å². The normalized spacial score (nSPS) is 19.9. The maximum absolute atomic E-state index is 5.93. The van der Waals surface area contributed by atoms with E-state index in [4.69, 9.17) is 14.5 Å². The van der Waals surface area contributed by atoms with Gasteiger partial charge in [0.05, 0.1) is 24.8 Å². The van der Waals surface area contributed by atoms with Crippen molar-refractivity contribution in [3.05, 3.63) is 30.0 Å². The second-order valence-corrected chi connectivity index (χ2v) is 7.16. The molecule has 0 spiro atoms. The Morgan fingerprint density at radius 1 is 1.16 bits per heavy atom. The molecule has 2 aliphatic rings. The third kappa shape index (κ3) is 4.01. The topological polar surface area (TPSA) is 34.6 Å². The first-order valence-electron chi connectivity index (χ1n) is 9.04. The van der Waals surface area contributed by atoms with Crippen molar-refractivity contribution < 1.29 is 9.47 Å². The van der Waals surface area contributed by atoms with Gasteiger partial charge in [0, 0.05) is 36.5 Å². The standard InChI is InChI=1S/C20H26N2O2.ClH/c1-14-10-20(22-9-3-4-16(22)13-23-2)18-8-7-17(11-19(18)21-14)24-12-15-5-6-15;/h7-8,10-11,15-16H,3-6,9,12-13H2,1-2H3;1H/t16-;/m0./s1. The van der Waals surface area contributed by atoms with Gasteiger partial charge in [-0.2, -0.15) is 0 Å². The highest BCUT2D eigenvalue weighted by Gasteiger charge is 2.26. The summed E-state index contributed by atoms with van der Waals surface area (Å²) in [5.41, 5.74) is 3.37. The van der Waals surface area contributed by atoms with Crippen molar-refractivity contribution in [1.82, 2.24) is 4.98 Å². The lowest BCUT2D eigenvalue weighted by molar-refractivity contribution is 0.181. The van der Waals surface area contributed by atoms with Crippen LogP contribution >= 0.6 is 12.4 Å². The first kappa shape index (κ1) is 18.3. The van der Waals surface area contributed by atoms with Gasteiger partial charge in [-0.05, 0) is 56.7 Å². The van der Waals surface area contributed by atoms with Crippen molar-refractivity contribution in [2.75, 3.05) is 31.8 Å². The largest absolute Gasteiger partial charge is 0.493 e. The number of hydrogen-bond acceptors (Lipinski definition) is 4. The summed E-state index contributed by atoms with van der Waals surface area (Å²) in [4.78, 5) is 7.24. The Bertz CT molecular complexity index is 733. The van der Waals surface area contributed by atoms with E-state index in [0.717, 1.165) is 42.6 Å². The molecule has 0 N–H and O–H groups in total. The highest BCUT2D eigenvalue weighted by molar-refractivity contribution is 5.93. The average molecular weight is 363 g/mol. The van der Waals surface area contributed by atoms with Crippen LogP contribution in [0.25, 0.3) is 10.9 Å². The van der Waals surface area contributed by atoms with Crippen molar-refractivity contribution in [3.8, 4) is 5.75 Å². The Morgan fingerprint density at radius 2 is 2.00 bits per heavy atom. The summed E-state index contributed by atoms with van der Waals surface area (Å²) in [7, 11) is 1.79. The van der Waals surface area contributed by atoms with Crippen LogP contribution in [0.5, 0.6) is 5.75 Å². The quantitative estimate of drug-likeness (QED) is 0.764. The molecule has 1 aliphatic heterocycles. The van der Waals surface area contributed by atoms with E-state index in [1.165, 1.54) is 36.8 Å². The molecule has 136 valence electrons. The van der Waals surface area contributed by atoms with Gasteiger partial charge in [-0.1, -0.05) is 0 Å². The third-order valence-corrected chi connectivity index (χ3v) is 5.12. The van der Waals surface area contributed by atoms with Crippen LogP contribution in [-0.2, 0) is 4.74 Å². The van der Waals surface area contributed by atoms with E-state index in [1.54, 1.807) is 7.11 Å². The molecule has 2 aromatic rings. The minimum absolute atomic E-state index is 0. The van der Waals surface area contributed by atoms with E-state index in [-0.39, 0.29) is 12.4 Å². The zero-order valence-corrected chi connectivity index (χ0v) is 15.8. The smallest absolute Gasteiger partial charge is 0.121 e. The van der Waals surface area contributed by atoms with Crippen molar-refractivity contribution >= 4 is 29.0 Å².